The van der Waals surface area contributed by atoms with Crippen molar-refractivity contribution in [3.8, 4) is 5.75 Å². The summed E-state index contributed by atoms with van der Waals surface area (Å²) in [5.74, 6) is -0.149. The molecule has 1 N–H and O–H groups in total. The van der Waals surface area contributed by atoms with Gasteiger partial charge in [0, 0.05) is 20.3 Å². The molecular weight excluding hydrogens is 317 g/mol. The number of benzene rings is 1. The molecule has 0 heterocycles. The molecule has 19 heavy (non-hydrogen) atoms. The van der Waals surface area contributed by atoms with Crippen molar-refractivity contribution in [2.75, 3.05) is 20.3 Å². The number of halogens is 2. The van der Waals surface area contributed by atoms with Crippen LogP contribution in [0.25, 0.3) is 0 Å². The molecule has 1 rings (SSSR count). The van der Waals surface area contributed by atoms with Gasteiger partial charge >= 0.3 is 0 Å². The SMILES string of the molecule is COCCCNC(=O)C(C)Oc1ccc(F)cc1Br. The Morgan fingerprint density at radius 2 is 2.26 bits per heavy atom. The summed E-state index contributed by atoms with van der Waals surface area (Å²) in [5, 5.41) is 2.74. The maximum atomic E-state index is 12.9. The number of hydrogen-bond acceptors (Lipinski definition) is 3. The number of hydrogen-bond donors (Lipinski definition) is 1. The third-order valence-corrected chi connectivity index (χ3v) is 3.01. The van der Waals surface area contributed by atoms with Crippen molar-refractivity contribution >= 4 is 21.8 Å². The van der Waals surface area contributed by atoms with Gasteiger partial charge in [0.1, 0.15) is 11.6 Å². The van der Waals surface area contributed by atoms with Crippen LogP contribution in [0.4, 0.5) is 4.39 Å². The van der Waals surface area contributed by atoms with Gasteiger partial charge in [-0.15, -0.1) is 0 Å². The topological polar surface area (TPSA) is 47.6 Å². The highest BCUT2D eigenvalue weighted by Gasteiger charge is 2.15. The molecule has 0 aliphatic carbocycles. The molecule has 1 aromatic carbocycles. The number of nitrogens with one attached hydrogen (secondary N) is 1. The Morgan fingerprint density at radius 3 is 2.89 bits per heavy atom. The van der Waals surface area contributed by atoms with Crippen LogP contribution in [0.1, 0.15) is 13.3 Å². The number of carbonyl (C=O) groups is 1. The third kappa shape index (κ3) is 5.57. The highest BCUT2D eigenvalue weighted by Crippen LogP contribution is 2.26. The van der Waals surface area contributed by atoms with Crippen molar-refractivity contribution in [3.63, 3.8) is 0 Å². The van der Waals surface area contributed by atoms with E-state index >= 15 is 0 Å². The lowest BCUT2D eigenvalue weighted by Gasteiger charge is -2.15. The minimum Gasteiger partial charge on any atom is -0.480 e. The summed E-state index contributed by atoms with van der Waals surface area (Å²) in [7, 11) is 1.61. The van der Waals surface area contributed by atoms with Gasteiger partial charge in [-0.05, 0) is 47.5 Å². The van der Waals surface area contributed by atoms with E-state index in [1.165, 1.54) is 18.2 Å². The van der Waals surface area contributed by atoms with E-state index in [0.717, 1.165) is 6.42 Å². The lowest BCUT2D eigenvalue weighted by molar-refractivity contribution is -0.127. The lowest BCUT2D eigenvalue weighted by Crippen LogP contribution is -2.37. The zero-order valence-corrected chi connectivity index (χ0v) is 12.5. The molecule has 1 unspecified atom stereocenters. The summed E-state index contributed by atoms with van der Waals surface area (Å²) in [4.78, 5) is 11.7. The molecule has 0 saturated heterocycles. The van der Waals surface area contributed by atoms with E-state index in [9.17, 15) is 9.18 Å². The van der Waals surface area contributed by atoms with Crippen LogP contribution in [-0.4, -0.2) is 32.3 Å². The minimum atomic E-state index is -0.649. The van der Waals surface area contributed by atoms with Crippen molar-refractivity contribution in [1.82, 2.24) is 5.32 Å². The number of ether oxygens (including phenoxy) is 2. The standard InChI is InChI=1S/C13H17BrFNO3/c1-9(13(17)16-6-3-7-18-2)19-12-5-4-10(15)8-11(12)14/h4-5,8-9H,3,6-7H2,1-2H3,(H,16,17). The molecule has 4 nitrogen and oxygen atoms in total. The Hall–Kier alpha value is -1.14. The average molecular weight is 334 g/mol. The Morgan fingerprint density at radius 1 is 1.53 bits per heavy atom. The smallest absolute Gasteiger partial charge is 0.260 e. The zero-order chi connectivity index (χ0) is 14.3. The van der Waals surface area contributed by atoms with Crippen molar-refractivity contribution < 1.29 is 18.7 Å². The van der Waals surface area contributed by atoms with E-state index in [1.807, 2.05) is 0 Å². The van der Waals surface area contributed by atoms with Gasteiger partial charge in [-0.2, -0.15) is 0 Å². The predicted octanol–water partition coefficient (Wildman–Crippen LogP) is 2.51. The second-order valence-electron chi connectivity index (χ2n) is 3.97. The molecule has 0 spiro atoms. The number of methoxy groups -OCH3 is 1. The maximum absolute atomic E-state index is 12.9. The third-order valence-electron chi connectivity index (χ3n) is 2.39. The molecule has 1 aromatic rings. The van der Waals surface area contributed by atoms with Crippen LogP contribution < -0.4 is 10.1 Å². The zero-order valence-electron chi connectivity index (χ0n) is 10.9. The molecule has 0 saturated carbocycles. The summed E-state index contributed by atoms with van der Waals surface area (Å²) in [6, 6.07) is 4.05. The molecule has 0 fully saturated rings. The van der Waals surface area contributed by atoms with E-state index in [2.05, 4.69) is 21.2 Å². The molecule has 1 atom stereocenters. The van der Waals surface area contributed by atoms with Crippen LogP contribution in [0.2, 0.25) is 0 Å². The van der Waals surface area contributed by atoms with Crippen molar-refractivity contribution in [3.05, 3.63) is 28.5 Å². The fourth-order valence-electron chi connectivity index (χ4n) is 1.39. The summed E-state index contributed by atoms with van der Waals surface area (Å²) >= 11 is 3.18. The van der Waals surface area contributed by atoms with Crippen LogP contribution in [0.15, 0.2) is 22.7 Å². The van der Waals surface area contributed by atoms with Gasteiger partial charge in [-0.3, -0.25) is 4.79 Å². The molecule has 0 aromatic heterocycles. The molecule has 1 amide bonds. The van der Waals surface area contributed by atoms with Gasteiger partial charge in [0.15, 0.2) is 6.10 Å². The Bertz CT molecular complexity index is 428. The highest BCUT2D eigenvalue weighted by molar-refractivity contribution is 9.10. The Balaban J connectivity index is 2.45. The quantitative estimate of drug-likeness (QED) is 0.780. The van der Waals surface area contributed by atoms with Crippen LogP contribution in [0, 0.1) is 5.82 Å². The number of rotatable bonds is 7. The first-order valence-corrected chi connectivity index (χ1v) is 6.72. The Labute approximate surface area is 120 Å². The van der Waals surface area contributed by atoms with Crippen LogP contribution >= 0.6 is 15.9 Å². The Kier molecular flexibility index (Phi) is 6.80. The fraction of sp³-hybridized carbons (Fsp3) is 0.462. The molecular formula is C13H17BrFNO3. The largest absolute Gasteiger partial charge is 0.480 e. The van der Waals surface area contributed by atoms with Gasteiger partial charge in [0.2, 0.25) is 0 Å². The molecule has 6 heteroatoms. The highest BCUT2D eigenvalue weighted by atomic mass is 79.9. The molecule has 0 aliphatic rings. The van der Waals surface area contributed by atoms with Gasteiger partial charge in [-0.1, -0.05) is 0 Å². The maximum Gasteiger partial charge on any atom is 0.260 e. The van der Waals surface area contributed by atoms with E-state index in [1.54, 1.807) is 14.0 Å². The number of amides is 1. The summed E-state index contributed by atoms with van der Waals surface area (Å²) in [6.07, 6.45) is 0.0965. The summed E-state index contributed by atoms with van der Waals surface area (Å²) < 4.78 is 23.7. The van der Waals surface area contributed by atoms with Crippen LogP contribution in [0.5, 0.6) is 5.75 Å². The minimum absolute atomic E-state index is 0.215. The van der Waals surface area contributed by atoms with E-state index < -0.39 is 6.10 Å². The second kappa shape index (κ2) is 8.12. The molecule has 0 aliphatic heterocycles. The van der Waals surface area contributed by atoms with Gasteiger partial charge < -0.3 is 14.8 Å². The number of carbonyl (C=O) groups excluding carboxylic acids is 1. The predicted molar refractivity (Wildman–Crippen MR) is 73.7 cm³/mol. The van der Waals surface area contributed by atoms with Crippen LogP contribution in [0.3, 0.4) is 0 Å². The second-order valence-corrected chi connectivity index (χ2v) is 4.83. The van der Waals surface area contributed by atoms with E-state index in [-0.39, 0.29) is 11.7 Å². The van der Waals surface area contributed by atoms with Gasteiger partial charge in [-0.25, -0.2) is 4.39 Å². The van der Waals surface area contributed by atoms with E-state index in [4.69, 9.17) is 9.47 Å². The molecule has 0 bridgehead atoms. The van der Waals surface area contributed by atoms with Gasteiger partial charge in [0.05, 0.1) is 4.47 Å². The first-order valence-electron chi connectivity index (χ1n) is 5.93. The molecule has 0 radical (unpaired) electrons. The molecule has 106 valence electrons. The van der Waals surface area contributed by atoms with Gasteiger partial charge in [0.25, 0.3) is 5.91 Å². The summed E-state index contributed by atoms with van der Waals surface area (Å²) in [6.45, 7) is 2.77. The summed E-state index contributed by atoms with van der Waals surface area (Å²) in [5.41, 5.74) is 0. The normalized spacial score (nSPS) is 12.0. The fourth-order valence-corrected chi connectivity index (χ4v) is 1.83. The average Bonchev–Trinajstić information content (AvgIpc) is 2.37. The lowest BCUT2D eigenvalue weighted by atomic mass is 10.3. The van der Waals surface area contributed by atoms with Crippen LogP contribution in [-0.2, 0) is 9.53 Å². The first kappa shape index (κ1) is 15.9. The van der Waals surface area contributed by atoms with Crippen molar-refractivity contribution in [2.45, 2.75) is 19.4 Å². The monoisotopic (exact) mass is 333 g/mol. The first-order chi connectivity index (χ1) is 9.04. The van der Waals surface area contributed by atoms with E-state index in [0.29, 0.717) is 23.4 Å². The van der Waals surface area contributed by atoms with Crippen molar-refractivity contribution in [1.29, 1.82) is 0 Å². The van der Waals surface area contributed by atoms with Crippen molar-refractivity contribution in [2.24, 2.45) is 0 Å².